The third kappa shape index (κ3) is 6.45. The second-order valence-electron chi connectivity index (χ2n) is 2.94. The van der Waals surface area contributed by atoms with E-state index >= 15 is 0 Å². The van der Waals surface area contributed by atoms with Crippen molar-refractivity contribution in [3.05, 3.63) is 0 Å². The van der Waals surface area contributed by atoms with Gasteiger partial charge < -0.3 is 24.6 Å². The minimum atomic E-state index is -1.90. The molecule has 0 saturated carbocycles. The second kappa shape index (κ2) is 8.66. The van der Waals surface area contributed by atoms with E-state index in [2.05, 4.69) is 5.32 Å². The molecule has 0 aromatic heterocycles. The topological polar surface area (TPSA) is 82.8 Å². The molecule has 0 saturated heterocycles. The van der Waals surface area contributed by atoms with Gasteiger partial charge in [-0.05, 0) is 13.3 Å². The standard InChI is InChI=1S/C8H20N2O4Si/c1-4-14-6-5-7(10-8(9)11)15(12-2)13-3/h7,15H,4-6H2,1-3H3,(H3,9,10,11). The lowest BCUT2D eigenvalue weighted by atomic mass is 10.4. The van der Waals surface area contributed by atoms with E-state index in [1.807, 2.05) is 6.92 Å². The maximum atomic E-state index is 10.8. The molecule has 0 spiro atoms. The van der Waals surface area contributed by atoms with E-state index in [1.54, 1.807) is 14.2 Å². The molecule has 90 valence electrons. The van der Waals surface area contributed by atoms with Gasteiger partial charge in [-0.25, -0.2) is 4.79 Å². The molecule has 0 rings (SSSR count). The lowest BCUT2D eigenvalue weighted by molar-refractivity contribution is 0.137. The van der Waals surface area contributed by atoms with Crippen molar-refractivity contribution in [2.75, 3.05) is 27.4 Å². The van der Waals surface area contributed by atoms with Gasteiger partial charge in [-0.3, -0.25) is 0 Å². The number of hydrogen-bond acceptors (Lipinski definition) is 4. The van der Waals surface area contributed by atoms with Crippen LogP contribution in [-0.4, -0.2) is 48.4 Å². The molecule has 0 aromatic carbocycles. The normalized spacial score (nSPS) is 12.8. The fraction of sp³-hybridized carbons (Fsp3) is 0.875. The summed E-state index contributed by atoms with van der Waals surface area (Å²) in [5.74, 6) is 0. The lowest BCUT2D eigenvalue weighted by Gasteiger charge is -2.22. The van der Waals surface area contributed by atoms with Crippen molar-refractivity contribution >= 4 is 15.3 Å². The number of nitrogens with one attached hydrogen (secondary N) is 1. The molecule has 3 N–H and O–H groups in total. The first-order valence-corrected chi connectivity index (χ1v) is 6.45. The van der Waals surface area contributed by atoms with Crippen molar-refractivity contribution in [3.63, 3.8) is 0 Å². The molecule has 0 aliphatic heterocycles. The van der Waals surface area contributed by atoms with E-state index < -0.39 is 15.3 Å². The first-order chi connectivity index (χ1) is 7.15. The largest absolute Gasteiger partial charge is 0.399 e. The van der Waals surface area contributed by atoms with Crippen molar-refractivity contribution in [1.29, 1.82) is 0 Å². The first-order valence-electron chi connectivity index (χ1n) is 4.85. The summed E-state index contributed by atoms with van der Waals surface area (Å²) in [6.07, 6.45) is 0.648. The Morgan fingerprint density at radius 1 is 1.47 bits per heavy atom. The van der Waals surface area contributed by atoms with Gasteiger partial charge in [0.2, 0.25) is 0 Å². The second-order valence-corrected chi connectivity index (χ2v) is 5.42. The molecule has 0 aliphatic carbocycles. The fourth-order valence-corrected chi connectivity index (χ4v) is 2.80. The predicted molar refractivity (Wildman–Crippen MR) is 58.8 cm³/mol. The van der Waals surface area contributed by atoms with Crippen LogP contribution in [0.2, 0.25) is 0 Å². The van der Waals surface area contributed by atoms with Gasteiger partial charge in [-0.1, -0.05) is 0 Å². The summed E-state index contributed by atoms with van der Waals surface area (Å²) in [7, 11) is 1.23. The van der Waals surface area contributed by atoms with Crippen LogP contribution < -0.4 is 11.1 Å². The number of nitrogens with two attached hydrogens (primary N) is 1. The third-order valence-corrected chi connectivity index (χ3v) is 3.98. The van der Waals surface area contributed by atoms with Crippen LogP contribution >= 0.6 is 0 Å². The number of carbonyl (C=O) groups excluding carboxylic acids is 1. The number of urea groups is 1. The Bertz CT molecular complexity index is 178. The quantitative estimate of drug-likeness (QED) is 0.440. The van der Waals surface area contributed by atoms with Crippen LogP contribution in [0.4, 0.5) is 4.79 Å². The number of rotatable bonds is 8. The Morgan fingerprint density at radius 3 is 2.47 bits per heavy atom. The van der Waals surface area contributed by atoms with Gasteiger partial charge in [-0.15, -0.1) is 0 Å². The van der Waals surface area contributed by atoms with Gasteiger partial charge in [0.05, 0.1) is 5.67 Å². The van der Waals surface area contributed by atoms with Gasteiger partial charge in [0.25, 0.3) is 0 Å². The van der Waals surface area contributed by atoms with Crippen LogP contribution in [-0.2, 0) is 13.6 Å². The zero-order chi connectivity index (χ0) is 11.7. The van der Waals surface area contributed by atoms with Crippen LogP contribution in [0.5, 0.6) is 0 Å². The summed E-state index contributed by atoms with van der Waals surface area (Å²) in [5, 5.41) is 2.61. The Hall–Kier alpha value is -0.633. The summed E-state index contributed by atoms with van der Waals surface area (Å²) in [4.78, 5) is 10.8. The molecule has 0 heterocycles. The molecule has 1 atom stereocenters. The van der Waals surface area contributed by atoms with Crippen molar-refractivity contribution in [1.82, 2.24) is 5.32 Å². The maximum Gasteiger partial charge on any atom is 0.344 e. The Morgan fingerprint density at radius 2 is 2.07 bits per heavy atom. The zero-order valence-electron chi connectivity index (χ0n) is 9.49. The molecule has 0 bridgehead atoms. The highest BCUT2D eigenvalue weighted by atomic mass is 28.3. The molecule has 15 heavy (non-hydrogen) atoms. The molecule has 0 aromatic rings. The zero-order valence-corrected chi connectivity index (χ0v) is 10.6. The maximum absolute atomic E-state index is 10.8. The predicted octanol–water partition coefficient (Wildman–Crippen LogP) is -0.498. The highest BCUT2D eigenvalue weighted by Crippen LogP contribution is 2.00. The Balaban J connectivity index is 4.09. The summed E-state index contributed by atoms with van der Waals surface area (Å²) < 4.78 is 15.6. The van der Waals surface area contributed by atoms with Gasteiger partial charge in [0.15, 0.2) is 0 Å². The van der Waals surface area contributed by atoms with E-state index in [4.69, 9.17) is 19.3 Å². The minimum Gasteiger partial charge on any atom is -0.399 e. The van der Waals surface area contributed by atoms with Crippen molar-refractivity contribution in [2.45, 2.75) is 19.0 Å². The molecule has 6 nitrogen and oxygen atoms in total. The SMILES string of the molecule is CCOCCC(NC(N)=O)[SiH](OC)OC. The first kappa shape index (κ1) is 14.4. The average Bonchev–Trinajstić information content (AvgIpc) is 2.19. The summed E-state index contributed by atoms with van der Waals surface area (Å²) in [6, 6.07) is -0.567. The highest BCUT2D eigenvalue weighted by Gasteiger charge is 2.25. The van der Waals surface area contributed by atoms with E-state index in [1.165, 1.54) is 0 Å². The molecule has 0 radical (unpaired) electrons. The Labute approximate surface area is 91.9 Å². The summed E-state index contributed by atoms with van der Waals surface area (Å²) >= 11 is 0. The molecule has 0 aliphatic rings. The minimum absolute atomic E-state index is 0.163. The van der Waals surface area contributed by atoms with Crippen LogP contribution in [0.1, 0.15) is 13.3 Å². The number of primary amides is 1. The smallest absolute Gasteiger partial charge is 0.344 e. The monoisotopic (exact) mass is 236 g/mol. The molecule has 7 heteroatoms. The van der Waals surface area contributed by atoms with Crippen LogP contribution in [0.15, 0.2) is 0 Å². The number of carbonyl (C=O) groups is 1. The third-order valence-electron chi connectivity index (χ3n) is 1.90. The van der Waals surface area contributed by atoms with Crippen molar-refractivity contribution in [3.8, 4) is 0 Å². The van der Waals surface area contributed by atoms with Gasteiger partial charge in [0, 0.05) is 27.4 Å². The molecule has 2 amide bonds. The van der Waals surface area contributed by atoms with E-state index in [9.17, 15) is 4.79 Å². The van der Waals surface area contributed by atoms with Crippen molar-refractivity contribution in [2.24, 2.45) is 5.73 Å². The van der Waals surface area contributed by atoms with E-state index in [0.29, 0.717) is 19.6 Å². The van der Waals surface area contributed by atoms with Crippen molar-refractivity contribution < 1.29 is 18.4 Å². The molecular weight excluding hydrogens is 216 g/mol. The van der Waals surface area contributed by atoms with E-state index in [-0.39, 0.29) is 5.67 Å². The number of hydrogen-bond donors (Lipinski definition) is 2. The fourth-order valence-electron chi connectivity index (χ4n) is 1.24. The number of amides is 2. The molecule has 1 unspecified atom stereocenters. The summed E-state index contributed by atoms with van der Waals surface area (Å²) in [5.41, 5.74) is 4.90. The highest BCUT2D eigenvalue weighted by molar-refractivity contribution is 6.46. The van der Waals surface area contributed by atoms with Gasteiger partial charge in [-0.2, -0.15) is 0 Å². The van der Waals surface area contributed by atoms with Crippen LogP contribution in [0.25, 0.3) is 0 Å². The van der Waals surface area contributed by atoms with Crippen LogP contribution in [0.3, 0.4) is 0 Å². The van der Waals surface area contributed by atoms with E-state index in [0.717, 1.165) is 0 Å². The van der Waals surface area contributed by atoms with Gasteiger partial charge >= 0.3 is 15.3 Å². The molecule has 0 fully saturated rings. The Kier molecular flexibility index (Phi) is 8.29. The average molecular weight is 236 g/mol. The summed E-state index contributed by atoms with van der Waals surface area (Å²) in [6.45, 7) is 3.12. The van der Waals surface area contributed by atoms with Gasteiger partial charge in [0.1, 0.15) is 0 Å². The van der Waals surface area contributed by atoms with Crippen LogP contribution in [0, 0.1) is 0 Å². The molecular formula is C8H20N2O4Si. The lowest BCUT2D eigenvalue weighted by Crippen LogP contribution is -2.50. The number of ether oxygens (including phenoxy) is 1.